The third-order valence-electron chi connectivity index (χ3n) is 8.27. The van der Waals surface area contributed by atoms with Gasteiger partial charge < -0.3 is 10.2 Å². The van der Waals surface area contributed by atoms with Crippen LogP contribution in [0.25, 0.3) is 22.2 Å². The Balaban J connectivity index is 1.27. The summed E-state index contributed by atoms with van der Waals surface area (Å²) in [6.45, 7) is 8.67. The fourth-order valence-electron chi connectivity index (χ4n) is 6.01. The maximum Gasteiger partial charge on any atom is 0.260 e. The highest BCUT2D eigenvalue weighted by Crippen LogP contribution is 2.31. The average Bonchev–Trinajstić information content (AvgIpc) is 2.97. The molecule has 0 spiro atoms. The monoisotopic (exact) mass is 581 g/mol. The first-order chi connectivity index (χ1) is 20.3. The van der Waals surface area contributed by atoms with E-state index in [1.54, 1.807) is 10.8 Å². The maximum absolute atomic E-state index is 13.7. The molecule has 9 heteroatoms. The SMILES string of the molecule is CCn1c(=O)c(-c2ccc(C3=NC(C)N=C(C)C3)cc2Cl)cc2cnc(Nc3ccc(C4CCN(C)CC4)cc3)nc21. The molecule has 1 saturated heterocycles. The van der Waals surface area contributed by atoms with Crippen molar-refractivity contribution in [2.24, 2.45) is 9.98 Å². The van der Waals surface area contributed by atoms with Crippen molar-refractivity contribution in [3.8, 4) is 11.1 Å². The second kappa shape index (κ2) is 11.8. The first-order valence-electron chi connectivity index (χ1n) is 14.7. The molecular formula is C33H36ClN7O. The number of aryl methyl sites for hydroxylation is 1. The van der Waals surface area contributed by atoms with Gasteiger partial charge in [-0.2, -0.15) is 4.98 Å². The molecule has 1 N–H and O–H groups in total. The van der Waals surface area contributed by atoms with Gasteiger partial charge in [0.2, 0.25) is 5.95 Å². The van der Waals surface area contributed by atoms with Crippen molar-refractivity contribution in [2.45, 2.75) is 58.7 Å². The van der Waals surface area contributed by atoms with E-state index in [1.807, 2.05) is 45.0 Å². The summed E-state index contributed by atoms with van der Waals surface area (Å²) < 4.78 is 1.68. The molecular weight excluding hydrogens is 546 g/mol. The summed E-state index contributed by atoms with van der Waals surface area (Å²) in [4.78, 5) is 34.6. The number of halogens is 1. The number of nitrogens with zero attached hydrogens (tertiary/aromatic N) is 6. The van der Waals surface area contributed by atoms with Crippen molar-refractivity contribution in [2.75, 3.05) is 25.5 Å². The third kappa shape index (κ3) is 5.74. The van der Waals surface area contributed by atoms with Crippen LogP contribution >= 0.6 is 11.6 Å². The summed E-state index contributed by atoms with van der Waals surface area (Å²) in [6, 6.07) is 16.2. The minimum absolute atomic E-state index is 0.104. The molecule has 2 aromatic heterocycles. The number of aliphatic imine (C=N–C) groups is 2. The predicted octanol–water partition coefficient (Wildman–Crippen LogP) is 6.68. The molecule has 2 aliphatic rings. The number of pyridine rings is 1. The average molecular weight is 582 g/mol. The Kier molecular flexibility index (Phi) is 7.92. The molecule has 4 aromatic rings. The fraction of sp³-hybridized carbons (Fsp3) is 0.364. The highest BCUT2D eigenvalue weighted by Gasteiger charge is 2.20. The summed E-state index contributed by atoms with van der Waals surface area (Å²) in [7, 11) is 2.18. The smallest absolute Gasteiger partial charge is 0.260 e. The Hall–Kier alpha value is -3.88. The molecule has 8 nitrogen and oxygen atoms in total. The molecule has 216 valence electrons. The van der Waals surface area contributed by atoms with Gasteiger partial charge >= 0.3 is 0 Å². The number of aromatic nitrogens is 3. The number of piperidine rings is 1. The van der Waals surface area contributed by atoms with Gasteiger partial charge in [-0.05, 0) is 95.1 Å². The number of fused-ring (bicyclic) bond motifs is 1. The number of rotatable bonds is 6. The van der Waals surface area contributed by atoms with E-state index < -0.39 is 0 Å². The molecule has 0 bridgehead atoms. The van der Waals surface area contributed by atoms with Crippen molar-refractivity contribution in [1.82, 2.24) is 19.4 Å². The lowest BCUT2D eigenvalue weighted by Gasteiger charge is -2.29. The van der Waals surface area contributed by atoms with E-state index in [-0.39, 0.29) is 11.7 Å². The number of nitrogens with one attached hydrogen (secondary N) is 1. The molecule has 0 amide bonds. The Morgan fingerprint density at radius 1 is 1.02 bits per heavy atom. The number of benzene rings is 2. The zero-order valence-corrected chi connectivity index (χ0v) is 25.3. The van der Waals surface area contributed by atoms with Crippen LogP contribution in [0.2, 0.25) is 5.02 Å². The molecule has 0 radical (unpaired) electrons. The molecule has 4 heterocycles. The summed E-state index contributed by atoms with van der Waals surface area (Å²) in [5, 5.41) is 4.59. The van der Waals surface area contributed by atoms with Crippen LogP contribution in [0.1, 0.15) is 57.1 Å². The summed E-state index contributed by atoms with van der Waals surface area (Å²) in [5.74, 6) is 1.06. The van der Waals surface area contributed by atoms with Gasteiger partial charge in [-0.25, -0.2) is 4.98 Å². The van der Waals surface area contributed by atoms with E-state index >= 15 is 0 Å². The summed E-state index contributed by atoms with van der Waals surface area (Å²) in [5.41, 5.74) is 6.88. The van der Waals surface area contributed by atoms with E-state index in [1.165, 1.54) is 18.4 Å². The minimum Gasteiger partial charge on any atom is -0.324 e. The first-order valence-corrected chi connectivity index (χ1v) is 15.0. The van der Waals surface area contributed by atoms with Crippen LogP contribution in [0, 0.1) is 0 Å². The molecule has 2 aliphatic heterocycles. The van der Waals surface area contributed by atoms with E-state index in [2.05, 4.69) is 56.5 Å². The molecule has 1 unspecified atom stereocenters. The van der Waals surface area contributed by atoms with Gasteiger partial charge in [-0.3, -0.25) is 19.3 Å². The number of hydrogen-bond donors (Lipinski definition) is 1. The zero-order chi connectivity index (χ0) is 29.4. The molecule has 1 atom stereocenters. The predicted molar refractivity (Wildman–Crippen MR) is 173 cm³/mol. The van der Waals surface area contributed by atoms with E-state index in [0.717, 1.165) is 41.1 Å². The molecule has 6 rings (SSSR count). The van der Waals surface area contributed by atoms with E-state index in [9.17, 15) is 4.79 Å². The fourth-order valence-corrected chi connectivity index (χ4v) is 6.29. The Bertz CT molecular complexity index is 1750. The van der Waals surface area contributed by atoms with Crippen molar-refractivity contribution >= 4 is 45.7 Å². The summed E-state index contributed by atoms with van der Waals surface area (Å²) in [6.07, 6.45) is 4.72. The van der Waals surface area contributed by atoms with Gasteiger partial charge in [0.25, 0.3) is 5.56 Å². The van der Waals surface area contributed by atoms with Crippen molar-refractivity contribution in [3.05, 3.63) is 81.2 Å². The van der Waals surface area contributed by atoms with Gasteiger partial charge in [0.1, 0.15) is 11.8 Å². The Morgan fingerprint density at radius 3 is 2.48 bits per heavy atom. The van der Waals surface area contributed by atoms with Crippen LogP contribution in [0.4, 0.5) is 11.6 Å². The molecule has 0 saturated carbocycles. The second-order valence-electron chi connectivity index (χ2n) is 11.3. The van der Waals surface area contributed by atoms with Gasteiger partial charge in [0, 0.05) is 52.1 Å². The molecule has 1 fully saturated rings. The molecule has 42 heavy (non-hydrogen) atoms. The number of likely N-dealkylation sites (tertiary alicyclic amines) is 1. The highest BCUT2D eigenvalue weighted by atomic mass is 35.5. The van der Waals surface area contributed by atoms with Gasteiger partial charge in [0.05, 0.1) is 5.71 Å². The van der Waals surface area contributed by atoms with Gasteiger partial charge in [0.15, 0.2) is 0 Å². The third-order valence-corrected chi connectivity index (χ3v) is 8.58. The maximum atomic E-state index is 13.7. The lowest BCUT2D eigenvalue weighted by atomic mass is 9.89. The van der Waals surface area contributed by atoms with Gasteiger partial charge in [-0.1, -0.05) is 35.9 Å². The van der Waals surface area contributed by atoms with Crippen LogP contribution in [0.5, 0.6) is 0 Å². The van der Waals surface area contributed by atoms with E-state index in [4.69, 9.17) is 16.6 Å². The van der Waals surface area contributed by atoms with Crippen LogP contribution in [-0.2, 0) is 6.54 Å². The van der Waals surface area contributed by atoms with Gasteiger partial charge in [-0.15, -0.1) is 0 Å². The lowest BCUT2D eigenvalue weighted by Crippen LogP contribution is -2.29. The Labute approximate surface area is 251 Å². The van der Waals surface area contributed by atoms with Crippen LogP contribution in [0.15, 0.2) is 69.5 Å². The second-order valence-corrected chi connectivity index (χ2v) is 11.8. The zero-order valence-electron chi connectivity index (χ0n) is 24.6. The van der Waals surface area contributed by atoms with Crippen LogP contribution in [-0.4, -0.2) is 57.2 Å². The minimum atomic E-state index is -0.140. The number of hydrogen-bond acceptors (Lipinski definition) is 7. The van der Waals surface area contributed by atoms with E-state index in [0.29, 0.717) is 46.6 Å². The largest absolute Gasteiger partial charge is 0.324 e. The Morgan fingerprint density at radius 2 is 1.79 bits per heavy atom. The quantitative estimate of drug-likeness (QED) is 0.274. The number of anilines is 2. The highest BCUT2D eigenvalue weighted by molar-refractivity contribution is 6.34. The van der Waals surface area contributed by atoms with Crippen molar-refractivity contribution in [1.29, 1.82) is 0 Å². The lowest BCUT2D eigenvalue weighted by molar-refractivity contribution is 0.255. The normalized spacial score (nSPS) is 18.2. The molecule has 0 aliphatic carbocycles. The van der Waals surface area contributed by atoms with Crippen LogP contribution < -0.4 is 10.9 Å². The van der Waals surface area contributed by atoms with Crippen molar-refractivity contribution < 1.29 is 0 Å². The first kappa shape index (κ1) is 28.2. The van der Waals surface area contributed by atoms with Crippen LogP contribution in [0.3, 0.4) is 0 Å². The topological polar surface area (TPSA) is 87.8 Å². The standard InChI is InChI=1S/C33H36ClN7O/c1-5-41-31-25(19-35-33(39-31)38-26-9-6-22(7-10-26)23-12-14-40(4)15-13-23)17-28(32(41)42)27-11-8-24(18-29(27)34)30-16-20(2)36-21(3)37-30/h6-11,17-19,21,23H,5,12-16H2,1-4H3,(H,35,38,39). The van der Waals surface area contributed by atoms with Crippen molar-refractivity contribution in [3.63, 3.8) is 0 Å². The summed E-state index contributed by atoms with van der Waals surface area (Å²) >= 11 is 6.78. The molecule has 2 aromatic carbocycles.